The smallest absolute Gasteiger partial charge is 0.303 e. The molecule has 0 aliphatic rings. The highest BCUT2D eigenvalue weighted by molar-refractivity contribution is 6.03. The highest BCUT2D eigenvalue weighted by atomic mass is 16.4. The number of para-hydroxylation sites is 1. The van der Waals surface area contributed by atoms with Crippen molar-refractivity contribution in [3.05, 3.63) is 29.8 Å². The van der Waals surface area contributed by atoms with Crippen molar-refractivity contribution in [1.29, 1.82) is 0 Å². The first-order valence-corrected chi connectivity index (χ1v) is 4.70. The van der Waals surface area contributed by atoms with Gasteiger partial charge in [0.15, 0.2) is 0 Å². The average molecular weight is 217 g/mol. The highest BCUT2D eigenvalue weighted by Gasteiger charge is 2.06. The van der Waals surface area contributed by atoms with Crippen LogP contribution in [-0.4, -0.2) is 17.0 Å². The number of aryl methyl sites for hydroxylation is 1. The number of benzene rings is 1. The van der Waals surface area contributed by atoms with Crippen molar-refractivity contribution in [1.82, 2.24) is 0 Å². The maximum absolute atomic E-state index is 11.0. The number of hydrogen-bond donors (Lipinski definition) is 2. The highest BCUT2D eigenvalue weighted by Crippen LogP contribution is 2.16. The number of carboxylic acid groups (broad SMARTS) is 1. The Morgan fingerprint density at radius 1 is 1.38 bits per heavy atom. The van der Waals surface area contributed by atoms with E-state index in [2.05, 4.69) is 5.32 Å². The molecule has 0 unspecified atom stereocenters. The number of aliphatic carboxylic acids is 1. The Bertz CT molecular complexity index is 446. The largest absolute Gasteiger partial charge is 0.481 e. The van der Waals surface area contributed by atoms with Crippen LogP contribution in [0.2, 0.25) is 0 Å². The van der Waals surface area contributed by atoms with E-state index >= 15 is 0 Å². The zero-order valence-electron chi connectivity index (χ0n) is 8.56. The maximum atomic E-state index is 11.0. The summed E-state index contributed by atoms with van der Waals surface area (Å²) in [5.41, 5.74) is 1.32. The number of terminal acetylenes is 1. The van der Waals surface area contributed by atoms with Crippen LogP contribution in [-0.2, 0) is 16.0 Å². The van der Waals surface area contributed by atoms with Crippen molar-refractivity contribution in [3.63, 3.8) is 0 Å². The number of amides is 1. The summed E-state index contributed by atoms with van der Waals surface area (Å²) >= 11 is 0. The molecule has 4 nitrogen and oxygen atoms in total. The van der Waals surface area contributed by atoms with E-state index in [0.717, 1.165) is 5.56 Å². The second-order valence-corrected chi connectivity index (χ2v) is 3.15. The molecule has 0 heterocycles. The van der Waals surface area contributed by atoms with E-state index in [4.69, 9.17) is 11.5 Å². The maximum Gasteiger partial charge on any atom is 0.303 e. The lowest BCUT2D eigenvalue weighted by molar-refractivity contribution is -0.136. The van der Waals surface area contributed by atoms with Gasteiger partial charge in [-0.1, -0.05) is 18.2 Å². The Balaban J connectivity index is 2.79. The summed E-state index contributed by atoms with van der Waals surface area (Å²) in [5, 5.41) is 11.1. The predicted molar refractivity (Wildman–Crippen MR) is 59.9 cm³/mol. The van der Waals surface area contributed by atoms with Gasteiger partial charge in [0, 0.05) is 12.1 Å². The summed E-state index contributed by atoms with van der Waals surface area (Å²) in [4.78, 5) is 21.5. The first-order chi connectivity index (χ1) is 7.63. The standard InChI is InChI=1S/C12H11NO3/c1-2-11(14)13-10-6-4-3-5-9(10)7-8-12(15)16/h1,3-6H,7-8H2,(H,13,14)(H,15,16). The molecule has 0 aliphatic heterocycles. The molecule has 0 saturated heterocycles. The van der Waals surface area contributed by atoms with E-state index in [1.165, 1.54) is 0 Å². The van der Waals surface area contributed by atoms with Crippen molar-refractivity contribution in [2.45, 2.75) is 12.8 Å². The van der Waals surface area contributed by atoms with Gasteiger partial charge in [0.2, 0.25) is 0 Å². The van der Waals surface area contributed by atoms with Gasteiger partial charge in [-0.15, -0.1) is 6.42 Å². The van der Waals surface area contributed by atoms with Crippen LogP contribution >= 0.6 is 0 Å². The Morgan fingerprint density at radius 3 is 2.69 bits per heavy atom. The Labute approximate surface area is 93.3 Å². The van der Waals surface area contributed by atoms with E-state index in [-0.39, 0.29) is 6.42 Å². The van der Waals surface area contributed by atoms with Gasteiger partial charge in [-0.3, -0.25) is 9.59 Å². The third-order valence-corrected chi connectivity index (χ3v) is 2.00. The third-order valence-electron chi connectivity index (χ3n) is 2.00. The fourth-order valence-electron chi connectivity index (χ4n) is 1.26. The van der Waals surface area contributed by atoms with Crippen molar-refractivity contribution in [2.75, 3.05) is 5.32 Å². The van der Waals surface area contributed by atoms with Crippen LogP contribution in [0.5, 0.6) is 0 Å². The summed E-state index contributed by atoms with van der Waals surface area (Å²) in [6, 6.07) is 6.97. The van der Waals surface area contributed by atoms with E-state index in [0.29, 0.717) is 12.1 Å². The van der Waals surface area contributed by atoms with Gasteiger partial charge in [-0.2, -0.15) is 0 Å². The van der Waals surface area contributed by atoms with Crippen molar-refractivity contribution >= 4 is 17.6 Å². The molecule has 0 aliphatic carbocycles. The molecule has 82 valence electrons. The molecule has 1 aromatic rings. The molecule has 1 rings (SSSR count). The predicted octanol–water partition coefficient (Wildman–Crippen LogP) is 1.28. The van der Waals surface area contributed by atoms with Crippen LogP contribution in [0.3, 0.4) is 0 Å². The molecule has 0 aromatic heterocycles. The van der Waals surface area contributed by atoms with Gasteiger partial charge in [-0.25, -0.2) is 0 Å². The molecule has 0 saturated carbocycles. The molecule has 0 spiro atoms. The normalized spacial score (nSPS) is 9.19. The zero-order valence-corrected chi connectivity index (χ0v) is 8.56. The minimum absolute atomic E-state index is 0.0168. The Kier molecular flexibility index (Phi) is 4.10. The number of anilines is 1. The Hall–Kier alpha value is -2.28. The molecule has 2 N–H and O–H groups in total. The minimum atomic E-state index is -0.877. The molecule has 0 bridgehead atoms. The van der Waals surface area contributed by atoms with Crippen molar-refractivity contribution < 1.29 is 14.7 Å². The van der Waals surface area contributed by atoms with Crippen LogP contribution in [0.4, 0.5) is 5.69 Å². The fourth-order valence-corrected chi connectivity index (χ4v) is 1.26. The minimum Gasteiger partial charge on any atom is -0.481 e. The van der Waals surface area contributed by atoms with Gasteiger partial charge in [0.25, 0.3) is 5.91 Å². The molecule has 1 amide bonds. The fraction of sp³-hybridized carbons (Fsp3) is 0.167. The van der Waals surface area contributed by atoms with Gasteiger partial charge in [0.1, 0.15) is 0 Å². The van der Waals surface area contributed by atoms with Crippen LogP contribution in [0.15, 0.2) is 24.3 Å². The average Bonchev–Trinajstić information content (AvgIpc) is 2.27. The van der Waals surface area contributed by atoms with Crippen molar-refractivity contribution in [3.8, 4) is 12.3 Å². The van der Waals surface area contributed by atoms with Crippen LogP contribution in [0, 0.1) is 12.3 Å². The van der Waals surface area contributed by atoms with Gasteiger partial charge in [0.05, 0.1) is 0 Å². The number of carbonyl (C=O) groups is 2. The molecule has 1 aromatic carbocycles. The molecule has 16 heavy (non-hydrogen) atoms. The molecule has 0 atom stereocenters. The molecular weight excluding hydrogens is 206 g/mol. The topological polar surface area (TPSA) is 66.4 Å². The number of carbonyl (C=O) groups excluding carboxylic acids is 1. The van der Waals surface area contributed by atoms with E-state index in [1.807, 2.05) is 5.92 Å². The number of hydrogen-bond acceptors (Lipinski definition) is 2. The second kappa shape index (κ2) is 5.56. The number of rotatable bonds is 4. The van der Waals surface area contributed by atoms with Crippen LogP contribution in [0.1, 0.15) is 12.0 Å². The van der Waals surface area contributed by atoms with Crippen molar-refractivity contribution in [2.24, 2.45) is 0 Å². The summed E-state index contributed by atoms with van der Waals surface area (Å²) in [7, 11) is 0. The Morgan fingerprint density at radius 2 is 2.06 bits per heavy atom. The SMILES string of the molecule is C#CC(=O)Nc1ccccc1CCC(=O)O. The zero-order chi connectivity index (χ0) is 12.0. The van der Waals surface area contributed by atoms with E-state index in [9.17, 15) is 9.59 Å². The first-order valence-electron chi connectivity index (χ1n) is 4.70. The molecule has 4 heteroatoms. The molecular formula is C12H11NO3. The summed E-state index contributed by atoms with van der Waals surface area (Å²) in [6.45, 7) is 0. The molecule has 0 fully saturated rings. The van der Waals surface area contributed by atoms with Gasteiger partial charge < -0.3 is 10.4 Å². The second-order valence-electron chi connectivity index (χ2n) is 3.15. The third kappa shape index (κ3) is 3.46. The van der Waals surface area contributed by atoms with Crippen LogP contribution < -0.4 is 5.32 Å². The lowest BCUT2D eigenvalue weighted by Crippen LogP contribution is -2.10. The summed E-state index contributed by atoms with van der Waals surface area (Å²) in [6.07, 6.45) is 5.31. The van der Waals surface area contributed by atoms with E-state index < -0.39 is 11.9 Å². The monoisotopic (exact) mass is 217 g/mol. The lowest BCUT2D eigenvalue weighted by atomic mass is 10.1. The van der Waals surface area contributed by atoms with Gasteiger partial charge >= 0.3 is 5.97 Å². The lowest BCUT2D eigenvalue weighted by Gasteiger charge is -2.07. The summed E-state index contributed by atoms with van der Waals surface area (Å²) in [5.74, 6) is 0.523. The number of carboxylic acids is 1. The summed E-state index contributed by atoms with van der Waals surface area (Å²) < 4.78 is 0. The molecule has 0 radical (unpaired) electrons. The van der Waals surface area contributed by atoms with E-state index in [1.54, 1.807) is 24.3 Å². The number of nitrogens with one attached hydrogen (secondary N) is 1. The first kappa shape index (κ1) is 11.8. The van der Waals surface area contributed by atoms with Crippen LogP contribution in [0.25, 0.3) is 0 Å². The quantitative estimate of drug-likeness (QED) is 0.746. The van der Waals surface area contributed by atoms with Gasteiger partial charge in [-0.05, 0) is 24.0 Å².